The maximum atomic E-state index is 12.8. The fourth-order valence-corrected chi connectivity index (χ4v) is 4.34. The summed E-state index contributed by atoms with van der Waals surface area (Å²) in [5, 5.41) is 0. The fraction of sp³-hybridized carbons (Fsp3) is 0.389. The summed E-state index contributed by atoms with van der Waals surface area (Å²) < 4.78 is 1.06. The molecule has 1 amide bonds. The van der Waals surface area contributed by atoms with Crippen LogP contribution in [0.4, 0.5) is 0 Å². The lowest BCUT2D eigenvalue weighted by Crippen LogP contribution is -2.38. The second kappa shape index (κ2) is 5.84. The first-order valence-electron chi connectivity index (χ1n) is 8.16. The number of likely N-dealkylation sites (tertiary alicyclic amines) is 1. The summed E-state index contributed by atoms with van der Waals surface area (Å²) in [6, 6.07) is 8.42. The van der Waals surface area contributed by atoms with Gasteiger partial charge in [-0.3, -0.25) is 14.6 Å². The standard InChI is InChI=1S/C18H18BrN3O2/c19-13-4-2-12(3-5-13)14-10-22(11-18(14)6-1-7-18)17(24)15-8-20-9-16(23)21-15/h2-5,8-9,14H,1,6-7,10-11H2,(H,21,23)/t14-/m0/s1. The zero-order valence-corrected chi connectivity index (χ0v) is 14.8. The van der Waals surface area contributed by atoms with E-state index in [9.17, 15) is 9.59 Å². The molecule has 24 heavy (non-hydrogen) atoms. The molecule has 1 N–H and O–H groups in total. The average molecular weight is 388 g/mol. The summed E-state index contributed by atoms with van der Waals surface area (Å²) in [6.07, 6.45) is 6.14. The van der Waals surface area contributed by atoms with Gasteiger partial charge in [0.05, 0.1) is 12.4 Å². The van der Waals surface area contributed by atoms with Crippen molar-refractivity contribution in [1.29, 1.82) is 0 Å². The van der Waals surface area contributed by atoms with E-state index < -0.39 is 0 Å². The maximum Gasteiger partial charge on any atom is 0.272 e. The molecule has 6 heteroatoms. The molecule has 2 aliphatic rings. The Morgan fingerprint density at radius 3 is 2.62 bits per heavy atom. The highest BCUT2D eigenvalue weighted by atomic mass is 79.9. The number of benzene rings is 1. The minimum absolute atomic E-state index is 0.133. The van der Waals surface area contributed by atoms with Crippen molar-refractivity contribution in [2.45, 2.75) is 25.2 Å². The van der Waals surface area contributed by atoms with Crippen molar-refractivity contribution in [1.82, 2.24) is 14.9 Å². The van der Waals surface area contributed by atoms with Gasteiger partial charge in [-0.2, -0.15) is 0 Å². The van der Waals surface area contributed by atoms with Crippen LogP contribution in [0.1, 0.15) is 41.2 Å². The SMILES string of the molecule is O=C(c1cncc(=O)[nH]1)N1C[C@@H](c2ccc(Br)cc2)C2(CCC2)C1. The van der Waals surface area contributed by atoms with Crippen LogP contribution in [0.15, 0.2) is 45.9 Å². The highest BCUT2D eigenvalue weighted by Crippen LogP contribution is 2.55. The van der Waals surface area contributed by atoms with Gasteiger partial charge in [0.25, 0.3) is 11.5 Å². The van der Waals surface area contributed by atoms with Crippen LogP contribution in [-0.2, 0) is 0 Å². The van der Waals surface area contributed by atoms with Crippen LogP contribution < -0.4 is 5.56 Å². The van der Waals surface area contributed by atoms with Gasteiger partial charge < -0.3 is 9.88 Å². The summed E-state index contributed by atoms with van der Waals surface area (Å²) in [5.74, 6) is 0.220. The number of halogens is 1. The summed E-state index contributed by atoms with van der Waals surface area (Å²) in [7, 11) is 0. The van der Waals surface area contributed by atoms with E-state index in [1.165, 1.54) is 24.4 Å². The second-order valence-corrected chi connectivity index (χ2v) is 7.73. The van der Waals surface area contributed by atoms with E-state index >= 15 is 0 Å². The van der Waals surface area contributed by atoms with Crippen molar-refractivity contribution in [2.75, 3.05) is 13.1 Å². The number of nitrogens with zero attached hydrogens (tertiary/aromatic N) is 2. The van der Waals surface area contributed by atoms with Crippen LogP contribution in [0.2, 0.25) is 0 Å². The molecule has 2 heterocycles. The summed E-state index contributed by atoms with van der Waals surface area (Å²) in [5.41, 5.74) is 1.40. The van der Waals surface area contributed by atoms with Crippen LogP contribution in [0, 0.1) is 5.41 Å². The van der Waals surface area contributed by atoms with E-state index in [2.05, 4.69) is 50.2 Å². The van der Waals surface area contributed by atoms with E-state index in [1.807, 2.05) is 4.90 Å². The first-order chi connectivity index (χ1) is 11.6. The number of H-pyrrole nitrogens is 1. The molecule has 4 rings (SSSR count). The monoisotopic (exact) mass is 387 g/mol. The van der Waals surface area contributed by atoms with E-state index in [1.54, 1.807) is 0 Å². The number of aromatic nitrogens is 2. The van der Waals surface area contributed by atoms with Gasteiger partial charge in [0, 0.05) is 23.5 Å². The molecule has 1 aromatic carbocycles. The Bertz CT molecular complexity index is 827. The molecule has 0 radical (unpaired) electrons. The summed E-state index contributed by atoms with van der Waals surface area (Å²) in [6.45, 7) is 1.45. The minimum Gasteiger partial charge on any atom is -0.336 e. The van der Waals surface area contributed by atoms with Crippen molar-refractivity contribution in [2.24, 2.45) is 5.41 Å². The van der Waals surface area contributed by atoms with Gasteiger partial charge in [0.1, 0.15) is 5.69 Å². The molecule has 1 aliphatic carbocycles. The maximum absolute atomic E-state index is 12.8. The molecule has 0 unspecified atom stereocenters. The molecule has 1 atom stereocenters. The molecule has 1 saturated heterocycles. The molecular formula is C18H18BrN3O2. The first kappa shape index (κ1) is 15.6. The third-order valence-corrected chi connectivity index (χ3v) is 5.97. The largest absolute Gasteiger partial charge is 0.336 e. The molecule has 1 saturated carbocycles. The lowest BCUT2D eigenvalue weighted by atomic mass is 9.61. The molecule has 124 valence electrons. The predicted octanol–water partition coefficient (Wildman–Crippen LogP) is 2.94. The van der Waals surface area contributed by atoms with Gasteiger partial charge in [-0.1, -0.05) is 34.5 Å². The van der Waals surface area contributed by atoms with Crippen molar-refractivity contribution < 1.29 is 4.79 Å². The number of nitrogens with one attached hydrogen (secondary N) is 1. The van der Waals surface area contributed by atoms with Crippen molar-refractivity contribution in [3.63, 3.8) is 0 Å². The van der Waals surface area contributed by atoms with Crippen LogP contribution >= 0.6 is 15.9 Å². The molecule has 5 nitrogen and oxygen atoms in total. The number of carbonyl (C=O) groups is 1. The van der Waals surface area contributed by atoms with Gasteiger partial charge in [0.15, 0.2) is 0 Å². The summed E-state index contributed by atoms with van der Waals surface area (Å²) in [4.78, 5) is 32.5. The van der Waals surface area contributed by atoms with Crippen LogP contribution in [0.3, 0.4) is 0 Å². The van der Waals surface area contributed by atoms with Crippen LogP contribution in [0.25, 0.3) is 0 Å². The molecule has 2 aromatic rings. The highest BCUT2D eigenvalue weighted by Gasteiger charge is 2.52. The van der Waals surface area contributed by atoms with E-state index in [0.717, 1.165) is 23.9 Å². The first-order valence-corrected chi connectivity index (χ1v) is 8.96. The highest BCUT2D eigenvalue weighted by molar-refractivity contribution is 9.10. The smallest absolute Gasteiger partial charge is 0.272 e. The number of carbonyl (C=O) groups excluding carboxylic acids is 1. The molecule has 1 spiro atoms. The Hall–Kier alpha value is -1.95. The number of hydrogen-bond donors (Lipinski definition) is 1. The van der Waals surface area contributed by atoms with Crippen molar-refractivity contribution in [3.8, 4) is 0 Å². The predicted molar refractivity (Wildman–Crippen MR) is 93.9 cm³/mol. The molecule has 2 fully saturated rings. The molecule has 1 aliphatic heterocycles. The molecule has 0 bridgehead atoms. The number of rotatable bonds is 2. The number of hydrogen-bond acceptors (Lipinski definition) is 3. The van der Waals surface area contributed by atoms with Crippen LogP contribution in [-0.4, -0.2) is 33.9 Å². The van der Waals surface area contributed by atoms with E-state index in [-0.39, 0.29) is 22.6 Å². The van der Waals surface area contributed by atoms with Gasteiger partial charge in [-0.15, -0.1) is 0 Å². The third-order valence-electron chi connectivity index (χ3n) is 5.44. The third kappa shape index (κ3) is 2.59. The second-order valence-electron chi connectivity index (χ2n) is 6.82. The lowest BCUT2D eigenvalue weighted by Gasteiger charge is -2.43. The van der Waals surface area contributed by atoms with Crippen LogP contribution in [0.5, 0.6) is 0 Å². The molecule has 1 aromatic heterocycles. The molecular weight excluding hydrogens is 370 g/mol. The zero-order chi connectivity index (χ0) is 16.7. The normalized spacial score (nSPS) is 21.7. The average Bonchev–Trinajstić information content (AvgIpc) is 2.96. The number of amides is 1. The van der Waals surface area contributed by atoms with E-state index in [0.29, 0.717) is 12.5 Å². The Kier molecular flexibility index (Phi) is 3.79. The van der Waals surface area contributed by atoms with Gasteiger partial charge >= 0.3 is 0 Å². The zero-order valence-electron chi connectivity index (χ0n) is 13.2. The minimum atomic E-state index is -0.345. The summed E-state index contributed by atoms with van der Waals surface area (Å²) >= 11 is 3.48. The number of aromatic amines is 1. The van der Waals surface area contributed by atoms with Gasteiger partial charge in [-0.05, 0) is 36.0 Å². The lowest BCUT2D eigenvalue weighted by molar-refractivity contribution is 0.0719. The van der Waals surface area contributed by atoms with E-state index in [4.69, 9.17) is 0 Å². The van der Waals surface area contributed by atoms with Gasteiger partial charge in [-0.25, -0.2) is 0 Å². The topological polar surface area (TPSA) is 66.1 Å². The van der Waals surface area contributed by atoms with Gasteiger partial charge in [0.2, 0.25) is 0 Å². The Labute approximate surface area is 148 Å². The fourth-order valence-electron chi connectivity index (χ4n) is 4.07. The quantitative estimate of drug-likeness (QED) is 0.861. The Balaban J connectivity index is 1.62. The Morgan fingerprint density at radius 1 is 1.25 bits per heavy atom. The Morgan fingerprint density at radius 2 is 2.00 bits per heavy atom. The van der Waals surface area contributed by atoms with Crippen molar-refractivity contribution in [3.05, 3.63) is 62.7 Å². The van der Waals surface area contributed by atoms with Crippen molar-refractivity contribution >= 4 is 21.8 Å².